The molecule has 5 heteroatoms. The number of hydrogen-bond donors (Lipinski definition) is 2. The molecule has 0 aromatic heterocycles. The molecule has 4 nitrogen and oxygen atoms in total. The van der Waals surface area contributed by atoms with Crippen LogP contribution in [0.2, 0.25) is 0 Å². The summed E-state index contributed by atoms with van der Waals surface area (Å²) in [7, 11) is -2.95. The van der Waals surface area contributed by atoms with Gasteiger partial charge in [-0.25, -0.2) is 8.42 Å². The first kappa shape index (κ1) is 15.9. The fraction of sp³-hybridized carbons (Fsp3) is 1.00. The van der Waals surface area contributed by atoms with Gasteiger partial charge in [0.05, 0.1) is 11.4 Å². The van der Waals surface area contributed by atoms with E-state index in [1.807, 2.05) is 0 Å². The van der Waals surface area contributed by atoms with Crippen LogP contribution in [-0.2, 0) is 9.84 Å². The molecule has 0 heterocycles. The maximum atomic E-state index is 11.7. The summed E-state index contributed by atoms with van der Waals surface area (Å²) in [5, 5.41) is 12.6. The SMILES string of the molecule is CC(O)CC(C)(C)CNC1CCCC1S(C)(=O)=O. The van der Waals surface area contributed by atoms with Crippen LogP contribution < -0.4 is 5.32 Å². The van der Waals surface area contributed by atoms with Crippen molar-refractivity contribution in [2.45, 2.75) is 63.9 Å². The van der Waals surface area contributed by atoms with Gasteiger partial charge in [-0.3, -0.25) is 0 Å². The number of sulfone groups is 1. The molecule has 0 aromatic carbocycles. The molecule has 0 spiro atoms. The average molecular weight is 277 g/mol. The number of rotatable bonds is 6. The molecule has 1 rings (SSSR count). The Labute approximate surface area is 111 Å². The van der Waals surface area contributed by atoms with E-state index in [9.17, 15) is 13.5 Å². The quantitative estimate of drug-likeness (QED) is 0.769. The van der Waals surface area contributed by atoms with Crippen LogP contribution in [0, 0.1) is 5.41 Å². The Morgan fingerprint density at radius 1 is 1.39 bits per heavy atom. The lowest BCUT2D eigenvalue weighted by atomic mass is 9.86. The minimum atomic E-state index is -2.95. The number of aliphatic hydroxyl groups is 1. The Hall–Kier alpha value is -0.130. The molecule has 3 atom stereocenters. The molecule has 3 unspecified atom stereocenters. The van der Waals surface area contributed by atoms with E-state index in [1.165, 1.54) is 6.26 Å². The van der Waals surface area contributed by atoms with Crippen LogP contribution in [0.1, 0.15) is 46.5 Å². The number of hydrogen-bond acceptors (Lipinski definition) is 4. The van der Waals surface area contributed by atoms with E-state index in [4.69, 9.17) is 0 Å². The Bertz CT molecular complexity index is 362. The third-order valence-electron chi connectivity index (χ3n) is 3.69. The van der Waals surface area contributed by atoms with E-state index in [0.29, 0.717) is 0 Å². The summed E-state index contributed by atoms with van der Waals surface area (Å²) in [6, 6.07) is 0.0771. The fourth-order valence-corrected chi connectivity index (χ4v) is 4.38. The summed E-state index contributed by atoms with van der Waals surface area (Å²) < 4.78 is 23.3. The van der Waals surface area contributed by atoms with Crippen molar-refractivity contribution in [3.05, 3.63) is 0 Å². The first-order valence-electron chi connectivity index (χ1n) is 6.72. The minimum absolute atomic E-state index is 0.0151. The van der Waals surface area contributed by atoms with Gasteiger partial charge in [0.1, 0.15) is 0 Å². The van der Waals surface area contributed by atoms with Gasteiger partial charge in [0.2, 0.25) is 0 Å². The summed E-state index contributed by atoms with van der Waals surface area (Å²) in [5.74, 6) is 0. The highest BCUT2D eigenvalue weighted by atomic mass is 32.2. The van der Waals surface area contributed by atoms with Crippen LogP contribution in [0.15, 0.2) is 0 Å². The fourth-order valence-electron chi connectivity index (χ4n) is 2.95. The van der Waals surface area contributed by atoms with Crippen LogP contribution in [0.4, 0.5) is 0 Å². The summed E-state index contributed by atoms with van der Waals surface area (Å²) in [6.45, 7) is 6.72. The van der Waals surface area contributed by atoms with Gasteiger partial charge >= 0.3 is 0 Å². The highest BCUT2D eigenvalue weighted by Crippen LogP contribution is 2.27. The topological polar surface area (TPSA) is 66.4 Å². The van der Waals surface area contributed by atoms with E-state index in [2.05, 4.69) is 19.2 Å². The molecule has 0 bridgehead atoms. The maximum absolute atomic E-state index is 11.7. The summed E-state index contributed by atoms with van der Waals surface area (Å²) in [4.78, 5) is 0. The predicted molar refractivity (Wildman–Crippen MR) is 74.4 cm³/mol. The molecular weight excluding hydrogens is 250 g/mol. The molecule has 0 radical (unpaired) electrons. The van der Waals surface area contributed by atoms with Crippen molar-refractivity contribution >= 4 is 9.84 Å². The molecule has 0 amide bonds. The van der Waals surface area contributed by atoms with E-state index >= 15 is 0 Å². The van der Waals surface area contributed by atoms with Gasteiger partial charge in [-0.15, -0.1) is 0 Å². The van der Waals surface area contributed by atoms with Gasteiger partial charge in [-0.2, -0.15) is 0 Å². The molecule has 18 heavy (non-hydrogen) atoms. The maximum Gasteiger partial charge on any atom is 0.151 e. The first-order chi connectivity index (χ1) is 8.12. The van der Waals surface area contributed by atoms with Crippen LogP contribution in [0.3, 0.4) is 0 Å². The monoisotopic (exact) mass is 277 g/mol. The van der Waals surface area contributed by atoms with Gasteiger partial charge in [0, 0.05) is 18.8 Å². The minimum Gasteiger partial charge on any atom is -0.393 e. The number of nitrogens with one attached hydrogen (secondary N) is 1. The lowest BCUT2D eigenvalue weighted by Gasteiger charge is -2.29. The second-order valence-electron chi connectivity index (χ2n) is 6.50. The van der Waals surface area contributed by atoms with Crippen molar-refractivity contribution in [3.8, 4) is 0 Å². The zero-order valence-electron chi connectivity index (χ0n) is 11.9. The van der Waals surface area contributed by atoms with Crippen molar-refractivity contribution in [2.24, 2.45) is 5.41 Å². The normalized spacial score (nSPS) is 27.4. The van der Waals surface area contributed by atoms with Crippen LogP contribution >= 0.6 is 0 Å². The van der Waals surface area contributed by atoms with E-state index in [1.54, 1.807) is 6.92 Å². The third kappa shape index (κ3) is 4.86. The van der Waals surface area contributed by atoms with Crippen molar-refractivity contribution in [1.29, 1.82) is 0 Å². The highest BCUT2D eigenvalue weighted by Gasteiger charge is 2.35. The van der Waals surface area contributed by atoms with E-state index in [-0.39, 0.29) is 22.8 Å². The second kappa shape index (κ2) is 5.88. The molecule has 1 saturated carbocycles. The molecule has 0 aliphatic heterocycles. The lowest BCUT2D eigenvalue weighted by Crippen LogP contribution is -2.44. The standard InChI is InChI=1S/C13H27NO3S/c1-10(15)8-13(2,3)9-14-11-6-5-7-12(11)18(4,16)17/h10-12,14-15H,5-9H2,1-4H3. The predicted octanol–water partition coefficient (Wildman–Crippen LogP) is 1.34. The average Bonchev–Trinajstić information content (AvgIpc) is 2.59. The Morgan fingerprint density at radius 2 is 2.00 bits per heavy atom. The summed E-state index contributed by atoms with van der Waals surface area (Å²) in [5.41, 5.74) is -0.0151. The van der Waals surface area contributed by atoms with Crippen LogP contribution in [-0.4, -0.2) is 43.7 Å². The Morgan fingerprint density at radius 3 is 2.50 bits per heavy atom. The first-order valence-corrected chi connectivity index (χ1v) is 8.67. The van der Waals surface area contributed by atoms with E-state index < -0.39 is 9.84 Å². The largest absolute Gasteiger partial charge is 0.393 e. The van der Waals surface area contributed by atoms with Crippen LogP contribution in [0.25, 0.3) is 0 Å². The highest BCUT2D eigenvalue weighted by molar-refractivity contribution is 7.91. The zero-order valence-corrected chi connectivity index (χ0v) is 12.8. The van der Waals surface area contributed by atoms with Gasteiger partial charge in [0.15, 0.2) is 9.84 Å². The van der Waals surface area contributed by atoms with Gasteiger partial charge < -0.3 is 10.4 Å². The Balaban J connectivity index is 2.53. The molecule has 1 aliphatic rings. The lowest BCUT2D eigenvalue weighted by molar-refractivity contribution is 0.126. The van der Waals surface area contributed by atoms with Crippen LogP contribution in [0.5, 0.6) is 0 Å². The molecule has 108 valence electrons. The number of aliphatic hydroxyl groups excluding tert-OH is 1. The summed E-state index contributed by atoms with van der Waals surface area (Å²) in [6.07, 6.45) is 4.41. The molecule has 2 N–H and O–H groups in total. The van der Waals surface area contributed by atoms with Crippen molar-refractivity contribution in [2.75, 3.05) is 12.8 Å². The Kier molecular flexibility index (Phi) is 5.21. The van der Waals surface area contributed by atoms with Gasteiger partial charge in [0.25, 0.3) is 0 Å². The zero-order chi connectivity index (χ0) is 14.0. The van der Waals surface area contributed by atoms with E-state index in [0.717, 1.165) is 32.2 Å². The van der Waals surface area contributed by atoms with Crippen molar-refractivity contribution in [1.82, 2.24) is 5.32 Å². The molecular formula is C13H27NO3S. The van der Waals surface area contributed by atoms with Crippen molar-refractivity contribution in [3.63, 3.8) is 0 Å². The molecule has 1 fully saturated rings. The van der Waals surface area contributed by atoms with Gasteiger partial charge in [-0.1, -0.05) is 20.3 Å². The van der Waals surface area contributed by atoms with Gasteiger partial charge in [-0.05, 0) is 31.6 Å². The second-order valence-corrected chi connectivity index (χ2v) is 8.77. The summed E-state index contributed by atoms with van der Waals surface area (Å²) >= 11 is 0. The van der Waals surface area contributed by atoms with Crippen molar-refractivity contribution < 1.29 is 13.5 Å². The molecule has 0 saturated heterocycles. The molecule has 1 aliphatic carbocycles. The smallest absolute Gasteiger partial charge is 0.151 e. The third-order valence-corrected chi connectivity index (χ3v) is 5.36. The molecule has 0 aromatic rings.